The molecule has 1 aliphatic heterocycles. The van der Waals surface area contributed by atoms with Gasteiger partial charge in [0.1, 0.15) is 0 Å². The Hall–Kier alpha value is -0.230. The second-order valence-corrected chi connectivity index (χ2v) is 6.14. The molecule has 18 heavy (non-hydrogen) atoms. The molecule has 0 saturated heterocycles. The van der Waals surface area contributed by atoms with E-state index in [1.54, 1.807) is 6.08 Å². The molecule has 1 aliphatic rings. The summed E-state index contributed by atoms with van der Waals surface area (Å²) in [6.07, 6.45) is 17.0. The molecule has 4 atom stereocenters. The van der Waals surface area contributed by atoms with Crippen molar-refractivity contribution < 1.29 is 4.74 Å². The maximum absolute atomic E-state index is 6.40. The van der Waals surface area contributed by atoms with Crippen molar-refractivity contribution in [3.8, 4) is 12.3 Å². The number of terminal acetylenes is 1. The van der Waals surface area contributed by atoms with Crippen LogP contribution in [0.4, 0.5) is 0 Å². The summed E-state index contributed by atoms with van der Waals surface area (Å²) in [6.45, 7) is 2.14. The van der Waals surface area contributed by atoms with E-state index in [1.807, 2.05) is 6.08 Å². The maximum atomic E-state index is 6.40. The van der Waals surface area contributed by atoms with E-state index in [0.29, 0.717) is 4.83 Å². The molecular weight excluding hydrogens is 312 g/mol. The third kappa shape index (κ3) is 5.18. The predicted molar refractivity (Wildman–Crippen MR) is 82.3 cm³/mol. The van der Waals surface area contributed by atoms with Gasteiger partial charge in [-0.3, -0.25) is 0 Å². The zero-order valence-corrected chi connectivity index (χ0v) is 13.0. The Bertz CT molecular complexity index is 332. The van der Waals surface area contributed by atoms with Gasteiger partial charge in [-0.25, -0.2) is 0 Å². The smallest absolute Gasteiger partial charge is 0.0780 e. The van der Waals surface area contributed by atoms with E-state index in [2.05, 4.69) is 40.9 Å². The Morgan fingerprint density at radius 3 is 2.83 bits per heavy atom. The first kappa shape index (κ1) is 15.8. The Kier molecular flexibility index (Phi) is 7.74. The molecular formula is C15H20BrClO. The summed E-state index contributed by atoms with van der Waals surface area (Å²) in [5.41, 5.74) is 0. The highest BCUT2D eigenvalue weighted by Gasteiger charge is 2.26. The molecule has 0 aromatic heterocycles. The predicted octanol–water partition coefficient (Wildman–Crippen LogP) is 4.45. The van der Waals surface area contributed by atoms with Gasteiger partial charge < -0.3 is 4.74 Å². The van der Waals surface area contributed by atoms with Crippen LogP contribution in [-0.4, -0.2) is 22.4 Å². The highest BCUT2D eigenvalue weighted by molar-refractivity contribution is 9.09. The van der Waals surface area contributed by atoms with Crippen LogP contribution in [0.2, 0.25) is 0 Å². The number of rotatable bonds is 3. The molecule has 0 bridgehead atoms. The summed E-state index contributed by atoms with van der Waals surface area (Å²) >= 11 is 10.1. The molecule has 0 spiro atoms. The van der Waals surface area contributed by atoms with Gasteiger partial charge in [0.15, 0.2) is 0 Å². The van der Waals surface area contributed by atoms with Crippen molar-refractivity contribution in [2.24, 2.45) is 0 Å². The Morgan fingerprint density at radius 1 is 1.44 bits per heavy atom. The molecule has 0 radical (unpaired) electrons. The van der Waals surface area contributed by atoms with Crippen LogP contribution in [-0.2, 0) is 4.74 Å². The lowest BCUT2D eigenvalue weighted by atomic mass is 10.1. The molecule has 0 saturated carbocycles. The van der Waals surface area contributed by atoms with Gasteiger partial charge in [0.05, 0.1) is 17.6 Å². The van der Waals surface area contributed by atoms with E-state index in [-0.39, 0.29) is 17.6 Å². The van der Waals surface area contributed by atoms with Gasteiger partial charge in [0, 0.05) is 4.83 Å². The molecule has 100 valence electrons. The van der Waals surface area contributed by atoms with Crippen molar-refractivity contribution >= 4 is 27.5 Å². The van der Waals surface area contributed by atoms with Crippen molar-refractivity contribution in [3.63, 3.8) is 0 Å². The molecule has 0 aromatic carbocycles. The van der Waals surface area contributed by atoms with E-state index in [0.717, 1.165) is 25.7 Å². The van der Waals surface area contributed by atoms with Crippen LogP contribution in [0, 0.1) is 12.3 Å². The van der Waals surface area contributed by atoms with Crippen molar-refractivity contribution in [1.82, 2.24) is 0 Å². The van der Waals surface area contributed by atoms with Crippen LogP contribution >= 0.6 is 27.5 Å². The summed E-state index contributed by atoms with van der Waals surface area (Å²) in [4.78, 5) is 0.347. The molecule has 3 heteroatoms. The fourth-order valence-corrected chi connectivity index (χ4v) is 2.96. The minimum atomic E-state index is -0.00414. The van der Waals surface area contributed by atoms with Crippen LogP contribution in [0.15, 0.2) is 24.3 Å². The summed E-state index contributed by atoms with van der Waals surface area (Å²) < 4.78 is 6.15. The van der Waals surface area contributed by atoms with Crippen LogP contribution in [0.3, 0.4) is 0 Å². The van der Waals surface area contributed by atoms with E-state index in [1.165, 1.54) is 0 Å². The minimum Gasteiger partial charge on any atom is -0.372 e. The van der Waals surface area contributed by atoms with Gasteiger partial charge in [0.2, 0.25) is 0 Å². The Balaban J connectivity index is 2.73. The molecule has 0 aromatic rings. The zero-order valence-electron chi connectivity index (χ0n) is 10.7. The lowest BCUT2D eigenvalue weighted by Gasteiger charge is -2.28. The number of ether oxygens (including phenoxy) is 1. The summed E-state index contributed by atoms with van der Waals surface area (Å²) in [7, 11) is 0. The van der Waals surface area contributed by atoms with Crippen LogP contribution in [0.1, 0.15) is 32.6 Å². The van der Waals surface area contributed by atoms with Gasteiger partial charge in [-0.05, 0) is 31.8 Å². The normalized spacial score (nSPS) is 35.4. The molecule has 0 fully saturated rings. The van der Waals surface area contributed by atoms with Gasteiger partial charge in [-0.1, -0.05) is 47.0 Å². The lowest BCUT2D eigenvalue weighted by Crippen LogP contribution is -2.33. The number of hydrogen-bond donors (Lipinski definition) is 0. The minimum absolute atomic E-state index is 0.00414. The van der Waals surface area contributed by atoms with Crippen molar-refractivity contribution in [3.05, 3.63) is 24.3 Å². The molecule has 0 aliphatic carbocycles. The quantitative estimate of drug-likeness (QED) is 0.422. The second-order valence-electron chi connectivity index (χ2n) is 4.40. The van der Waals surface area contributed by atoms with E-state index in [9.17, 15) is 0 Å². The molecule has 1 heterocycles. The van der Waals surface area contributed by atoms with E-state index >= 15 is 0 Å². The lowest BCUT2D eigenvalue weighted by molar-refractivity contribution is -0.0123. The van der Waals surface area contributed by atoms with Crippen LogP contribution in [0.25, 0.3) is 0 Å². The first-order valence-corrected chi connectivity index (χ1v) is 7.74. The summed E-state index contributed by atoms with van der Waals surface area (Å²) in [5, 5.41) is -0.00414. The molecule has 1 nitrogen and oxygen atoms in total. The highest BCUT2D eigenvalue weighted by atomic mass is 79.9. The Labute approximate surface area is 124 Å². The fourth-order valence-electron chi connectivity index (χ4n) is 1.98. The van der Waals surface area contributed by atoms with Gasteiger partial charge >= 0.3 is 0 Å². The third-order valence-corrected chi connectivity index (χ3v) is 4.45. The first-order chi connectivity index (χ1) is 8.69. The zero-order chi connectivity index (χ0) is 13.4. The first-order valence-electron chi connectivity index (χ1n) is 6.38. The number of hydrogen-bond acceptors (Lipinski definition) is 1. The standard InChI is InChI=1S/C15H20BrClO/c1-3-5-6-11-15-13(17)10-8-7-9-12(16)14(4-2)18-15/h1,5-8,12-15H,4,9-11H2,2H3/b6-5+,8-7-/t12-,13-,14-,15-/m0/s1. The van der Waals surface area contributed by atoms with Crippen LogP contribution in [0.5, 0.6) is 0 Å². The Morgan fingerprint density at radius 2 is 2.17 bits per heavy atom. The number of allylic oxidation sites excluding steroid dienone is 3. The number of alkyl halides is 2. The molecule has 0 amide bonds. The van der Waals surface area contributed by atoms with Crippen LogP contribution < -0.4 is 0 Å². The average molecular weight is 332 g/mol. The van der Waals surface area contributed by atoms with Crippen molar-refractivity contribution in [2.75, 3.05) is 0 Å². The van der Waals surface area contributed by atoms with E-state index in [4.69, 9.17) is 22.8 Å². The van der Waals surface area contributed by atoms with Crippen molar-refractivity contribution in [2.45, 2.75) is 55.0 Å². The molecule has 0 N–H and O–H groups in total. The molecule has 1 rings (SSSR count). The summed E-state index contributed by atoms with van der Waals surface area (Å²) in [5.74, 6) is 2.49. The highest BCUT2D eigenvalue weighted by Crippen LogP contribution is 2.26. The largest absolute Gasteiger partial charge is 0.372 e. The molecule has 0 unspecified atom stereocenters. The third-order valence-electron chi connectivity index (χ3n) is 3.03. The monoisotopic (exact) mass is 330 g/mol. The fraction of sp³-hybridized carbons (Fsp3) is 0.600. The van der Waals surface area contributed by atoms with E-state index < -0.39 is 0 Å². The average Bonchev–Trinajstić information content (AvgIpc) is 2.43. The SMILES string of the molecule is C#C/C=C/C[C@@H]1O[C@@H](CC)[C@@H](Br)C/C=C\C[C@@H]1Cl. The van der Waals surface area contributed by atoms with Gasteiger partial charge in [-0.2, -0.15) is 0 Å². The summed E-state index contributed by atoms with van der Waals surface area (Å²) in [6, 6.07) is 0. The number of halogens is 2. The topological polar surface area (TPSA) is 9.23 Å². The second kappa shape index (κ2) is 8.80. The van der Waals surface area contributed by atoms with Gasteiger partial charge in [0.25, 0.3) is 0 Å². The maximum Gasteiger partial charge on any atom is 0.0780 e. The van der Waals surface area contributed by atoms with Gasteiger partial charge in [-0.15, -0.1) is 18.0 Å². The van der Waals surface area contributed by atoms with Crippen molar-refractivity contribution in [1.29, 1.82) is 0 Å².